The van der Waals surface area contributed by atoms with Gasteiger partial charge >= 0.3 is 0 Å². The van der Waals surface area contributed by atoms with Crippen molar-refractivity contribution in [3.05, 3.63) is 64.7 Å². The number of rotatable bonds is 4. The van der Waals surface area contributed by atoms with Crippen molar-refractivity contribution in [2.45, 2.75) is 27.3 Å². The summed E-state index contributed by atoms with van der Waals surface area (Å²) in [5, 5.41) is 0. The lowest BCUT2D eigenvalue weighted by Crippen LogP contribution is -2.31. The lowest BCUT2D eigenvalue weighted by molar-refractivity contribution is 0.0753. The topological polar surface area (TPSA) is 46.3 Å². The fraction of sp³-hybridized carbons (Fsp3) is 0.278. The second-order valence-corrected chi connectivity index (χ2v) is 5.40. The molecule has 0 atom stereocenters. The van der Waals surface area contributed by atoms with Crippen LogP contribution in [0.5, 0.6) is 0 Å². The van der Waals surface area contributed by atoms with Gasteiger partial charge in [0.1, 0.15) is 0 Å². The second-order valence-electron chi connectivity index (χ2n) is 5.40. The van der Waals surface area contributed by atoms with Crippen LogP contribution >= 0.6 is 0 Å². The maximum Gasteiger partial charge on any atom is 0.256 e. The lowest BCUT2D eigenvalue weighted by Gasteiger charge is -2.22. The SMILES string of the molecule is CCN(Cc1cccc(C)c1)C(=O)c1cc(C)ccc1N. The average molecular weight is 282 g/mol. The molecule has 0 aromatic heterocycles. The molecule has 21 heavy (non-hydrogen) atoms. The summed E-state index contributed by atoms with van der Waals surface area (Å²) in [5.74, 6) is -0.0137. The van der Waals surface area contributed by atoms with E-state index < -0.39 is 0 Å². The fourth-order valence-electron chi connectivity index (χ4n) is 2.38. The number of hydrogen-bond donors (Lipinski definition) is 1. The third-order valence-corrected chi connectivity index (χ3v) is 3.56. The number of aryl methyl sites for hydroxylation is 2. The molecule has 0 aliphatic carbocycles. The zero-order valence-corrected chi connectivity index (χ0v) is 12.9. The number of carbonyl (C=O) groups is 1. The van der Waals surface area contributed by atoms with Crippen LogP contribution in [0.4, 0.5) is 5.69 Å². The molecule has 3 nitrogen and oxygen atoms in total. The largest absolute Gasteiger partial charge is 0.398 e. The predicted octanol–water partition coefficient (Wildman–Crippen LogP) is 3.55. The Balaban J connectivity index is 2.24. The van der Waals surface area contributed by atoms with Crippen molar-refractivity contribution < 1.29 is 4.79 Å². The summed E-state index contributed by atoms with van der Waals surface area (Å²) in [7, 11) is 0. The molecule has 0 fully saturated rings. The van der Waals surface area contributed by atoms with Crippen molar-refractivity contribution in [2.24, 2.45) is 0 Å². The van der Waals surface area contributed by atoms with Crippen molar-refractivity contribution >= 4 is 11.6 Å². The Hall–Kier alpha value is -2.29. The molecule has 2 aromatic carbocycles. The highest BCUT2D eigenvalue weighted by molar-refractivity contribution is 5.99. The summed E-state index contributed by atoms with van der Waals surface area (Å²) < 4.78 is 0. The van der Waals surface area contributed by atoms with E-state index in [1.807, 2.05) is 43.0 Å². The molecule has 3 heteroatoms. The monoisotopic (exact) mass is 282 g/mol. The van der Waals surface area contributed by atoms with Crippen LogP contribution in [0, 0.1) is 13.8 Å². The molecule has 0 aliphatic rings. The Morgan fingerprint density at radius 1 is 1.10 bits per heavy atom. The number of nitrogens with zero attached hydrogens (tertiary/aromatic N) is 1. The van der Waals surface area contributed by atoms with Crippen molar-refractivity contribution in [2.75, 3.05) is 12.3 Å². The van der Waals surface area contributed by atoms with Gasteiger partial charge < -0.3 is 10.6 Å². The van der Waals surface area contributed by atoms with Gasteiger partial charge in [0.15, 0.2) is 0 Å². The van der Waals surface area contributed by atoms with E-state index in [1.54, 1.807) is 6.07 Å². The summed E-state index contributed by atoms with van der Waals surface area (Å²) in [6.07, 6.45) is 0. The molecular weight excluding hydrogens is 260 g/mol. The highest BCUT2D eigenvalue weighted by Gasteiger charge is 2.17. The van der Waals surface area contributed by atoms with Crippen molar-refractivity contribution in [1.82, 2.24) is 4.90 Å². The molecule has 0 spiro atoms. The minimum absolute atomic E-state index is 0.0137. The normalized spacial score (nSPS) is 10.4. The third kappa shape index (κ3) is 3.63. The highest BCUT2D eigenvalue weighted by Crippen LogP contribution is 2.18. The molecule has 0 saturated carbocycles. The number of hydrogen-bond acceptors (Lipinski definition) is 2. The smallest absolute Gasteiger partial charge is 0.256 e. The van der Waals surface area contributed by atoms with Crippen LogP contribution in [-0.2, 0) is 6.54 Å². The lowest BCUT2D eigenvalue weighted by atomic mass is 10.1. The van der Waals surface area contributed by atoms with E-state index in [2.05, 4.69) is 19.1 Å². The minimum Gasteiger partial charge on any atom is -0.398 e. The summed E-state index contributed by atoms with van der Waals surface area (Å²) in [6.45, 7) is 7.26. The van der Waals surface area contributed by atoms with Crippen LogP contribution < -0.4 is 5.73 Å². The first-order valence-electron chi connectivity index (χ1n) is 7.22. The van der Waals surface area contributed by atoms with Crippen LogP contribution in [-0.4, -0.2) is 17.4 Å². The van der Waals surface area contributed by atoms with Gasteiger partial charge in [-0.15, -0.1) is 0 Å². The molecule has 2 rings (SSSR count). The first kappa shape index (κ1) is 15.1. The zero-order chi connectivity index (χ0) is 15.4. The predicted molar refractivity (Wildman–Crippen MR) is 87.2 cm³/mol. The van der Waals surface area contributed by atoms with Crippen LogP contribution in [0.25, 0.3) is 0 Å². The molecule has 2 N–H and O–H groups in total. The number of anilines is 1. The molecule has 110 valence electrons. The summed E-state index contributed by atoms with van der Waals surface area (Å²) >= 11 is 0. The molecule has 0 heterocycles. The van der Waals surface area contributed by atoms with Gasteiger partial charge in [-0.1, -0.05) is 41.5 Å². The maximum absolute atomic E-state index is 12.7. The number of benzene rings is 2. The van der Waals surface area contributed by atoms with Crippen LogP contribution in [0.1, 0.15) is 34.0 Å². The van der Waals surface area contributed by atoms with Crippen LogP contribution in [0.2, 0.25) is 0 Å². The van der Waals surface area contributed by atoms with Crippen molar-refractivity contribution in [3.63, 3.8) is 0 Å². The van der Waals surface area contributed by atoms with Gasteiger partial charge in [0, 0.05) is 18.8 Å². The number of carbonyl (C=O) groups excluding carboxylic acids is 1. The first-order chi connectivity index (χ1) is 10.0. The standard InChI is InChI=1S/C18H22N2O/c1-4-20(12-15-7-5-6-13(2)10-15)18(21)16-11-14(3)8-9-17(16)19/h5-11H,4,12,19H2,1-3H3. The second kappa shape index (κ2) is 6.44. The Bertz CT molecular complexity index is 649. The van der Waals surface area contributed by atoms with Gasteiger partial charge in [-0.2, -0.15) is 0 Å². The summed E-state index contributed by atoms with van der Waals surface area (Å²) in [4.78, 5) is 14.5. The van der Waals surface area contributed by atoms with E-state index in [-0.39, 0.29) is 5.91 Å². The Labute approximate surface area is 126 Å². The van der Waals surface area contributed by atoms with Gasteiger partial charge in [0.05, 0.1) is 5.56 Å². The average Bonchev–Trinajstić information content (AvgIpc) is 2.46. The molecular formula is C18H22N2O. The van der Waals surface area contributed by atoms with E-state index in [1.165, 1.54) is 5.56 Å². The zero-order valence-electron chi connectivity index (χ0n) is 12.9. The molecule has 2 aromatic rings. The Kier molecular flexibility index (Phi) is 4.63. The Morgan fingerprint density at radius 2 is 1.81 bits per heavy atom. The molecule has 0 aliphatic heterocycles. The van der Waals surface area contributed by atoms with Gasteiger partial charge in [0.25, 0.3) is 5.91 Å². The molecule has 0 radical (unpaired) electrons. The van der Waals surface area contributed by atoms with Gasteiger partial charge in [-0.3, -0.25) is 4.79 Å². The third-order valence-electron chi connectivity index (χ3n) is 3.56. The van der Waals surface area contributed by atoms with Gasteiger partial charge in [-0.05, 0) is 38.5 Å². The molecule has 0 saturated heterocycles. The van der Waals surface area contributed by atoms with E-state index >= 15 is 0 Å². The van der Waals surface area contributed by atoms with Crippen LogP contribution in [0.3, 0.4) is 0 Å². The number of nitrogens with two attached hydrogens (primary N) is 1. The number of amides is 1. The van der Waals surface area contributed by atoms with Crippen molar-refractivity contribution in [3.8, 4) is 0 Å². The highest BCUT2D eigenvalue weighted by atomic mass is 16.2. The maximum atomic E-state index is 12.7. The molecule has 0 unspecified atom stereocenters. The van der Waals surface area contributed by atoms with Gasteiger partial charge in [0.2, 0.25) is 0 Å². The fourth-order valence-corrected chi connectivity index (χ4v) is 2.38. The quantitative estimate of drug-likeness (QED) is 0.872. The Morgan fingerprint density at radius 3 is 2.48 bits per heavy atom. The van der Waals surface area contributed by atoms with E-state index in [9.17, 15) is 4.79 Å². The van der Waals surface area contributed by atoms with E-state index in [0.29, 0.717) is 24.3 Å². The minimum atomic E-state index is -0.0137. The molecule has 1 amide bonds. The van der Waals surface area contributed by atoms with E-state index in [4.69, 9.17) is 5.73 Å². The first-order valence-corrected chi connectivity index (χ1v) is 7.22. The summed E-state index contributed by atoms with van der Waals surface area (Å²) in [5.41, 5.74) is 10.5. The van der Waals surface area contributed by atoms with Gasteiger partial charge in [-0.25, -0.2) is 0 Å². The van der Waals surface area contributed by atoms with E-state index in [0.717, 1.165) is 11.1 Å². The van der Waals surface area contributed by atoms with Crippen LogP contribution in [0.15, 0.2) is 42.5 Å². The number of nitrogen functional groups attached to an aromatic ring is 1. The molecule has 0 bridgehead atoms. The summed E-state index contributed by atoms with van der Waals surface area (Å²) in [6, 6.07) is 13.8. The van der Waals surface area contributed by atoms with Crippen molar-refractivity contribution in [1.29, 1.82) is 0 Å².